The zero-order valence-electron chi connectivity index (χ0n) is 10.3. The summed E-state index contributed by atoms with van der Waals surface area (Å²) in [5.74, 6) is 0.144. The monoisotopic (exact) mass is 256 g/mol. The normalized spacial score (nSPS) is 12.4. The Hall–Kier alpha value is -0.910. The third kappa shape index (κ3) is 5.30. The fourth-order valence-electron chi connectivity index (χ4n) is 1.41. The smallest absolute Gasteiger partial charge is 0.222 e. The van der Waals surface area contributed by atoms with Crippen molar-refractivity contribution in [3.8, 4) is 0 Å². The van der Waals surface area contributed by atoms with E-state index in [-0.39, 0.29) is 5.91 Å². The van der Waals surface area contributed by atoms with E-state index in [9.17, 15) is 9.90 Å². The van der Waals surface area contributed by atoms with Crippen LogP contribution in [0, 0.1) is 0 Å². The van der Waals surface area contributed by atoms with Crippen molar-refractivity contribution in [1.29, 1.82) is 0 Å². The Morgan fingerprint density at radius 3 is 2.94 bits per heavy atom. The van der Waals surface area contributed by atoms with Crippen molar-refractivity contribution in [2.45, 2.75) is 18.9 Å². The van der Waals surface area contributed by atoms with Gasteiger partial charge in [-0.1, -0.05) is 0 Å². The Morgan fingerprint density at radius 1 is 1.59 bits per heavy atom. The molecule has 1 unspecified atom stereocenters. The van der Waals surface area contributed by atoms with E-state index in [4.69, 9.17) is 0 Å². The fraction of sp³-hybridized carbons (Fsp3) is 0.583. The third-order valence-corrected chi connectivity index (χ3v) is 3.21. The number of thiophene rings is 1. The largest absolute Gasteiger partial charge is 0.387 e. The van der Waals surface area contributed by atoms with Gasteiger partial charge < -0.3 is 15.3 Å². The predicted octanol–water partition coefficient (Wildman–Crippen LogP) is 1.24. The van der Waals surface area contributed by atoms with Gasteiger partial charge in [0.2, 0.25) is 5.91 Å². The average molecular weight is 256 g/mol. The minimum Gasteiger partial charge on any atom is -0.387 e. The Kier molecular flexibility index (Phi) is 6.18. The molecule has 4 nitrogen and oxygen atoms in total. The summed E-state index contributed by atoms with van der Waals surface area (Å²) in [6, 6.07) is 1.92. The highest BCUT2D eigenvalue weighted by molar-refractivity contribution is 7.07. The number of aliphatic hydroxyl groups excluding tert-OH is 1. The molecular formula is C12H20N2O2S. The van der Waals surface area contributed by atoms with Gasteiger partial charge in [-0.25, -0.2) is 0 Å². The number of carbonyl (C=O) groups excluding carboxylic acids is 1. The van der Waals surface area contributed by atoms with Crippen molar-refractivity contribution in [2.75, 3.05) is 27.2 Å². The van der Waals surface area contributed by atoms with Gasteiger partial charge in [-0.15, -0.1) is 0 Å². The summed E-state index contributed by atoms with van der Waals surface area (Å²) in [7, 11) is 3.52. The first-order valence-corrected chi connectivity index (χ1v) is 6.66. The number of nitrogens with zero attached hydrogens (tertiary/aromatic N) is 1. The molecule has 0 bridgehead atoms. The summed E-state index contributed by atoms with van der Waals surface area (Å²) in [5.41, 5.74) is 0.951. The highest BCUT2D eigenvalue weighted by Gasteiger charge is 2.07. The Labute approximate surface area is 106 Å². The quantitative estimate of drug-likeness (QED) is 0.722. The molecule has 17 heavy (non-hydrogen) atoms. The number of aliphatic hydroxyl groups is 1. The maximum atomic E-state index is 11.3. The molecule has 0 spiro atoms. The number of hydrogen-bond donors (Lipinski definition) is 2. The molecule has 1 heterocycles. The molecule has 0 fully saturated rings. The van der Waals surface area contributed by atoms with E-state index in [1.54, 1.807) is 30.3 Å². The van der Waals surface area contributed by atoms with Gasteiger partial charge in [-0.2, -0.15) is 11.3 Å². The summed E-state index contributed by atoms with van der Waals surface area (Å²) in [6.07, 6.45) is 0.896. The van der Waals surface area contributed by atoms with E-state index in [0.717, 1.165) is 18.5 Å². The summed E-state index contributed by atoms with van der Waals surface area (Å²) in [4.78, 5) is 12.9. The van der Waals surface area contributed by atoms with E-state index in [2.05, 4.69) is 5.32 Å². The summed E-state index contributed by atoms with van der Waals surface area (Å²) < 4.78 is 0. The van der Waals surface area contributed by atoms with E-state index >= 15 is 0 Å². The van der Waals surface area contributed by atoms with Crippen LogP contribution >= 0.6 is 11.3 Å². The van der Waals surface area contributed by atoms with Gasteiger partial charge in [-0.3, -0.25) is 4.79 Å². The lowest BCUT2D eigenvalue weighted by molar-refractivity contribution is -0.128. The van der Waals surface area contributed by atoms with Crippen LogP contribution in [0.3, 0.4) is 0 Å². The van der Waals surface area contributed by atoms with Crippen LogP contribution in [0.15, 0.2) is 16.8 Å². The Balaban J connectivity index is 2.07. The van der Waals surface area contributed by atoms with Crippen molar-refractivity contribution in [3.63, 3.8) is 0 Å². The highest BCUT2D eigenvalue weighted by atomic mass is 32.1. The summed E-state index contributed by atoms with van der Waals surface area (Å²) in [5, 5.41) is 16.8. The van der Waals surface area contributed by atoms with Gasteiger partial charge in [-0.05, 0) is 35.4 Å². The molecule has 0 aromatic carbocycles. The lowest BCUT2D eigenvalue weighted by Crippen LogP contribution is -2.25. The maximum absolute atomic E-state index is 11.3. The van der Waals surface area contributed by atoms with Crippen LogP contribution in [-0.2, 0) is 4.79 Å². The van der Waals surface area contributed by atoms with Crippen molar-refractivity contribution >= 4 is 17.2 Å². The maximum Gasteiger partial charge on any atom is 0.222 e. The highest BCUT2D eigenvalue weighted by Crippen LogP contribution is 2.14. The van der Waals surface area contributed by atoms with Crippen LogP contribution in [0.25, 0.3) is 0 Å². The van der Waals surface area contributed by atoms with Crippen LogP contribution in [0.5, 0.6) is 0 Å². The van der Waals surface area contributed by atoms with E-state index in [1.165, 1.54) is 0 Å². The second kappa shape index (κ2) is 7.42. The topological polar surface area (TPSA) is 52.6 Å². The summed E-state index contributed by atoms with van der Waals surface area (Å²) >= 11 is 1.58. The third-order valence-electron chi connectivity index (χ3n) is 2.51. The molecule has 0 saturated carbocycles. The molecular weight excluding hydrogens is 236 g/mol. The van der Waals surface area contributed by atoms with E-state index in [0.29, 0.717) is 13.0 Å². The molecule has 0 aliphatic carbocycles. The molecule has 0 aliphatic rings. The van der Waals surface area contributed by atoms with Crippen LogP contribution in [0.1, 0.15) is 24.5 Å². The van der Waals surface area contributed by atoms with Gasteiger partial charge in [0.1, 0.15) is 0 Å². The zero-order chi connectivity index (χ0) is 12.7. The molecule has 96 valence electrons. The second-order valence-electron chi connectivity index (χ2n) is 4.17. The van der Waals surface area contributed by atoms with E-state index < -0.39 is 6.10 Å². The average Bonchev–Trinajstić information content (AvgIpc) is 2.81. The SMILES string of the molecule is CN(C)C(=O)CCCNCC(O)c1ccsc1. The van der Waals surface area contributed by atoms with Gasteiger partial charge in [0.05, 0.1) is 6.10 Å². The van der Waals surface area contributed by atoms with E-state index in [1.807, 2.05) is 16.8 Å². The molecule has 0 radical (unpaired) electrons. The van der Waals surface area contributed by atoms with Crippen molar-refractivity contribution in [2.24, 2.45) is 0 Å². The number of carbonyl (C=O) groups is 1. The second-order valence-corrected chi connectivity index (χ2v) is 4.95. The lowest BCUT2D eigenvalue weighted by atomic mass is 10.2. The molecule has 5 heteroatoms. The molecule has 1 rings (SSSR count). The molecule has 1 atom stereocenters. The van der Waals surface area contributed by atoms with Crippen LogP contribution in [0.2, 0.25) is 0 Å². The molecule has 1 aromatic rings. The molecule has 1 amide bonds. The van der Waals surface area contributed by atoms with Crippen molar-refractivity contribution in [3.05, 3.63) is 22.4 Å². The summed E-state index contributed by atoms with van der Waals surface area (Å²) in [6.45, 7) is 1.29. The Bertz CT molecular complexity index is 325. The predicted molar refractivity (Wildman–Crippen MR) is 70.1 cm³/mol. The fourth-order valence-corrected chi connectivity index (χ4v) is 2.12. The zero-order valence-corrected chi connectivity index (χ0v) is 11.2. The van der Waals surface area contributed by atoms with Gasteiger partial charge in [0.25, 0.3) is 0 Å². The first-order valence-electron chi connectivity index (χ1n) is 5.72. The molecule has 0 saturated heterocycles. The molecule has 0 aliphatic heterocycles. The van der Waals surface area contributed by atoms with Crippen LogP contribution in [-0.4, -0.2) is 43.1 Å². The van der Waals surface area contributed by atoms with Gasteiger partial charge in [0.15, 0.2) is 0 Å². The lowest BCUT2D eigenvalue weighted by Gasteiger charge is -2.12. The first kappa shape index (κ1) is 14.2. The standard InChI is InChI=1S/C12H20N2O2S/c1-14(2)12(16)4-3-6-13-8-11(15)10-5-7-17-9-10/h5,7,9,11,13,15H,3-4,6,8H2,1-2H3. The molecule has 2 N–H and O–H groups in total. The van der Waals surface area contributed by atoms with Gasteiger partial charge in [0, 0.05) is 27.1 Å². The number of nitrogens with one attached hydrogen (secondary N) is 1. The first-order chi connectivity index (χ1) is 8.11. The number of amides is 1. The Morgan fingerprint density at radius 2 is 2.35 bits per heavy atom. The van der Waals surface area contributed by atoms with Crippen molar-refractivity contribution < 1.29 is 9.90 Å². The van der Waals surface area contributed by atoms with Crippen LogP contribution in [0.4, 0.5) is 0 Å². The number of hydrogen-bond acceptors (Lipinski definition) is 4. The van der Waals surface area contributed by atoms with Gasteiger partial charge >= 0.3 is 0 Å². The number of rotatable bonds is 7. The minimum absolute atomic E-state index is 0.144. The van der Waals surface area contributed by atoms with Crippen molar-refractivity contribution in [1.82, 2.24) is 10.2 Å². The van der Waals surface area contributed by atoms with Crippen LogP contribution < -0.4 is 5.32 Å². The molecule has 1 aromatic heterocycles. The minimum atomic E-state index is -0.453.